The molecule has 0 atom stereocenters. The van der Waals surface area contributed by atoms with Crippen LogP contribution in [0.5, 0.6) is 5.75 Å². The lowest BCUT2D eigenvalue weighted by atomic mass is 10.2. The van der Waals surface area contributed by atoms with E-state index in [1.807, 2.05) is 24.3 Å². The normalized spacial score (nSPS) is 10.1. The number of nitrogen functional groups attached to an aromatic ring is 1. The zero-order valence-electron chi connectivity index (χ0n) is 11.6. The van der Waals surface area contributed by atoms with Crippen molar-refractivity contribution in [1.29, 1.82) is 0 Å². The van der Waals surface area contributed by atoms with Gasteiger partial charge in [-0.2, -0.15) is 0 Å². The van der Waals surface area contributed by atoms with Crippen LogP contribution in [0.1, 0.15) is 5.56 Å². The number of ether oxygens (including phenoxy) is 1. The first-order valence-electron chi connectivity index (χ1n) is 6.28. The lowest BCUT2D eigenvalue weighted by molar-refractivity contribution is -0.118. The highest BCUT2D eigenvalue weighted by atomic mass is 32.2. The number of carbonyl (C=O) groups excluding carboxylic acids is 1. The van der Waals surface area contributed by atoms with E-state index in [-0.39, 0.29) is 11.7 Å². The standard InChI is InChI=1S/C14H16N4O2S/c1-20-11-5-3-2-4-10(11)8-18-12(19)9-21-14-13(15)16-6-7-17-14/h2-7H,8-9H2,1H3,(H2,15,16)(H,18,19). The number of methoxy groups -OCH3 is 1. The number of nitrogens with zero attached hydrogens (tertiary/aromatic N) is 2. The van der Waals surface area contributed by atoms with Crippen molar-refractivity contribution in [2.45, 2.75) is 11.6 Å². The molecule has 0 aliphatic carbocycles. The maximum atomic E-state index is 11.8. The third kappa shape index (κ3) is 4.35. The summed E-state index contributed by atoms with van der Waals surface area (Å²) in [6, 6.07) is 7.55. The van der Waals surface area contributed by atoms with Gasteiger partial charge in [0.05, 0.1) is 12.9 Å². The van der Waals surface area contributed by atoms with Crippen LogP contribution in [0.3, 0.4) is 0 Å². The number of hydrogen-bond donors (Lipinski definition) is 2. The Bertz CT molecular complexity index is 621. The largest absolute Gasteiger partial charge is 0.496 e. The summed E-state index contributed by atoms with van der Waals surface area (Å²) in [4.78, 5) is 19.8. The molecular formula is C14H16N4O2S. The summed E-state index contributed by atoms with van der Waals surface area (Å²) in [6.45, 7) is 0.416. The minimum Gasteiger partial charge on any atom is -0.496 e. The Hall–Kier alpha value is -2.28. The number of carbonyl (C=O) groups is 1. The second-order valence-corrected chi connectivity index (χ2v) is 5.09. The number of para-hydroxylation sites is 1. The van der Waals surface area contributed by atoms with Gasteiger partial charge in [-0.1, -0.05) is 30.0 Å². The fourth-order valence-electron chi connectivity index (χ4n) is 1.67. The summed E-state index contributed by atoms with van der Waals surface area (Å²) in [5.74, 6) is 1.22. The van der Waals surface area contributed by atoms with Gasteiger partial charge < -0.3 is 15.8 Å². The Morgan fingerprint density at radius 2 is 2.10 bits per heavy atom. The highest BCUT2D eigenvalue weighted by Gasteiger charge is 2.08. The predicted molar refractivity (Wildman–Crippen MR) is 82.0 cm³/mol. The molecule has 2 rings (SSSR count). The zero-order chi connectivity index (χ0) is 15.1. The topological polar surface area (TPSA) is 90.1 Å². The fourth-order valence-corrected chi connectivity index (χ4v) is 2.38. The molecule has 1 aromatic carbocycles. The van der Waals surface area contributed by atoms with E-state index in [0.29, 0.717) is 17.4 Å². The van der Waals surface area contributed by atoms with Gasteiger partial charge in [-0.05, 0) is 6.07 Å². The van der Waals surface area contributed by atoms with Gasteiger partial charge >= 0.3 is 0 Å². The molecule has 0 bridgehead atoms. The zero-order valence-corrected chi connectivity index (χ0v) is 12.4. The van der Waals surface area contributed by atoms with Gasteiger partial charge in [0, 0.05) is 24.5 Å². The Labute approximate surface area is 127 Å². The second-order valence-electron chi connectivity index (χ2n) is 4.12. The molecule has 1 heterocycles. The summed E-state index contributed by atoms with van der Waals surface area (Å²) in [7, 11) is 1.60. The van der Waals surface area contributed by atoms with Crippen molar-refractivity contribution in [3.05, 3.63) is 42.2 Å². The van der Waals surface area contributed by atoms with Crippen molar-refractivity contribution in [2.75, 3.05) is 18.6 Å². The van der Waals surface area contributed by atoms with Gasteiger partial charge in [0.25, 0.3) is 0 Å². The average Bonchev–Trinajstić information content (AvgIpc) is 2.52. The molecule has 0 radical (unpaired) electrons. The monoisotopic (exact) mass is 304 g/mol. The maximum absolute atomic E-state index is 11.8. The van der Waals surface area contributed by atoms with Crippen LogP contribution in [0.2, 0.25) is 0 Å². The number of nitrogens with two attached hydrogens (primary N) is 1. The lowest BCUT2D eigenvalue weighted by Gasteiger charge is -2.09. The highest BCUT2D eigenvalue weighted by molar-refractivity contribution is 8.00. The Balaban J connectivity index is 1.84. The third-order valence-electron chi connectivity index (χ3n) is 2.70. The summed E-state index contributed by atoms with van der Waals surface area (Å²) in [5.41, 5.74) is 6.60. The number of amides is 1. The number of thioether (sulfide) groups is 1. The summed E-state index contributed by atoms with van der Waals surface area (Å²) in [5, 5.41) is 3.39. The van der Waals surface area contributed by atoms with E-state index < -0.39 is 0 Å². The molecule has 0 unspecified atom stereocenters. The van der Waals surface area contributed by atoms with E-state index in [2.05, 4.69) is 15.3 Å². The van der Waals surface area contributed by atoms with Gasteiger partial charge in [0.15, 0.2) is 5.82 Å². The first-order chi connectivity index (χ1) is 10.2. The van der Waals surface area contributed by atoms with Crippen molar-refractivity contribution in [3.8, 4) is 5.75 Å². The minimum atomic E-state index is -0.101. The molecule has 0 spiro atoms. The maximum Gasteiger partial charge on any atom is 0.230 e. The van der Waals surface area contributed by atoms with Crippen LogP contribution in [0, 0.1) is 0 Å². The first-order valence-corrected chi connectivity index (χ1v) is 7.27. The Morgan fingerprint density at radius 1 is 1.33 bits per heavy atom. The van der Waals surface area contributed by atoms with Gasteiger partial charge in [-0.15, -0.1) is 0 Å². The molecule has 0 aliphatic heterocycles. The molecule has 3 N–H and O–H groups in total. The number of aromatic nitrogens is 2. The fraction of sp³-hybridized carbons (Fsp3) is 0.214. The molecule has 0 saturated carbocycles. The molecule has 1 aromatic heterocycles. The Morgan fingerprint density at radius 3 is 2.86 bits per heavy atom. The van der Waals surface area contributed by atoms with Gasteiger partial charge in [0.1, 0.15) is 10.8 Å². The van der Waals surface area contributed by atoms with Crippen molar-refractivity contribution in [3.63, 3.8) is 0 Å². The lowest BCUT2D eigenvalue weighted by Crippen LogP contribution is -2.24. The number of hydrogen-bond acceptors (Lipinski definition) is 6. The van der Waals surface area contributed by atoms with Crippen LogP contribution in [-0.4, -0.2) is 28.7 Å². The number of anilines is 1. The molecular weight excluding hydrogens is 288 g/mol. The van der Waals surface area contributed by atoms with E-state index >= 15 is 0 Å². The molecule has 0 fully saturated rings. The van der Waals surface area contributed by atoms with Gasteiger partial charge in [-0.25, -0.2) is 9.97 Å². The van der Waals surface area contributed by atoms with Crippen LogP contribution in [0.4, 0.5) is 5.82 Å². The smallest absolute Gasteiger partial charge is 0.230 e. The number of nitrogens with one attached hydrogen (secondary N) is 1. The number of benzene rings is 1. The van der Waals surface area contributed by atoms with Crippen LogP contribution in [0.15, 0.2) is 41.7 Å². The van der Waals surface area contributed by atoms with E-state index in [1.165, 1.54) is 18.0 Å². The molecule has 2 aromatic rings. The van der Waals surface area contributed by atoms with E-state index in [1.54, 1.807) is 13.3 Å². The van der Waals surface area contributed by atoms with E-state index in [0.717, 1.165) is 11.3 Å². The molecule has 110 valence electrons. The quantitative estimate of drug-likeness (QED) is 0.786. The molecule has 6 nitrogen and oxygen atoms in total. The molecule has 7 heteroatoms. The predicted octanol–water partition coefficient (Wildman–Crippen LogP) is 1.48. The van der Waals surface area contributed by atoms with Crippen molar-refractivity contribution >= 4 is 23.5 Å². The second kappa shape index (κ2) is 7.49. The van der Waals surface area contributed by atoms with Crippen LogP contribution in [0.25, 0.3) is 0 Å². The van der Waals surface area contributed by atoms with E-state index in [4.69, 9.17) is 10.5 Å². The SMILES string of the molecule is COc1ccccc1CNC(=O)CSc1nccnc1N. The molecule has 1 amide bonds. The van der Waals surface area contributed by atoms with E-state index in [9.17, 15) is 4.79 Å². The highest BCUT2D eigenvalue weighted by Crippen LogP contribution is 2.20. The summed E-state index contributed by atoms with van der Waals surface area (Å²) >= 11 is 1.26. The molecule has 0 saturated heterocycles. The summed E-state index contributed by atoms with van der Waals surface area (Å²) in [6.07, 6.45) is 3.06. The first kappa shape index (κ1) is 15.1. The number of rotatable bonds is 6. The molecule has 21 heavy (non-hydrogen) atoms. The minimum absolute atomic E-state index is 0.101. The van der Waals surface area contributed by atoms with Crippen LogP contribution in [-0.2, 0) is 11.3 Å². The van der Waals surface area contributed by atoms with Crippen LogP contribution >= 0.6 is 11.8 Å². The van der Waals surface area contributed by atoms with Gasteiger partial charge in [0.2, 0.25) is 5.91 Å². The summed E-state index contributed by atoms with van der Waals surface area (Å²) < 4.78 is 5.23. The Kier molecular flexibility index (Phi) is 5.39. The van der Waals surface area contributed by atoms with Crippen molar-refractivity contribution < 1.29 is 9.53 Å². The van der Waals surface area contributed by atoms with Gasteiger partial charge in [-0.3, -0.25) is 4.79 Å². The average molecular weight is 304 g/mol. The van der Waals surface area contributed by atoms with Crippen molar-refractivity contribution in [1.82, 2.24) is 15.3 Å². The van der Waals surface area contributed by atoms with Crippen LogP contribution < -0.4 is 15.8 Å². The van der Waals surface area contributed by atoms with Crippen molar-refractivity contribution in [2.24, 2.45) is 0 Å². The molecule has 0 aliphatic rings. The third-order valence-corrected chi connectivity index (χ3v) is 3.69.